The Balaban J connectivity index is 1.64. The normalized spacial score (nSPS) is 11.2. The predicted molar refractivity (Wildman–Crippen MR) is 138 cm³/mol. The summed E-state index contributed by atoms with van der Waals surface area (Å²) < 4.78 is 46.6. The second kappa shape index (κ2) is 12.8. The monoisotopic (exact) mass is 536 g/mol. The zero-order valence-electron chi connectivity index (χ0n) is 19.1. The van der Waals surface area contributed by atoms with Crippen LogP contribution in [0.2, 0.25) is 5.02 Å². The maximum Gasteiger partial charge on any atom is 0.264 e. The number of benzene rings is 3. The summed E-state index contributed by atoms with van der Waals surface area (Å²) in [5, 5.41) is 3.44. The highest BCUT2D eigenvalue weighted by molar-refractivity contribution is 7.99. The Bertz CT molecular complexity index is 1210. The van der Waals surface area contributed by atoms with Crippen molar-refractivity contribution in [2.75, 3.05) is 29.8 Å². The van der Waals surface area contributed by atoms with Gasteiger partial charge in [-0.1, -0.05) is 11.6 Å². The molecule has 186 valence electrons. The molecule has 10 heteroatoms. The number of rotatable bonds is 12. The zero-order valence-corrected chi connectivity index (χ0v) is 21.5. The second-order valence-electron chi connectivity index (χ2n) is 7.40. The van der Waals surface area contributed by atoms with Crippen molar-refractivity contribution >= 4 is 45.0 Å². The molecule has 0 aliphatic carbocycles. The van der Waals surface area contributed by atoms with Crippen LogP contribution in [0, 0.1) is 5.82 Å². The van der Waals surface area contributed by atoms with Crippen LogP contribution >= 0.6 is 23.4 Å². The van der Waals surface area contributed by atoms with Crippen LogP contribution in [0.4, 0.5) is 10.1 Å². The Hall–Kier alpha value is -2.75. The number of hydrogen-bond acceptors (Lipinski definition) is 5. The first-order valence-electron chi connectivity index (χ1n) is 11.0. The summed E-state index contributed by atoms with van der Waals surface area (Å²) in [6, 6.07) is 18.4. The van der Waals surface area contributed by atoms with Crippen LogP contribution in [-0.2, 0) is 14.8 Å². The van der Waals surface area contributed by atoms with Crippen LogP contribution in [-0.4, -0.2) is 39.8 Å². The molecular weight excluding hydrogens is 511 g/mol. The Labute approximate surface area is 214 Å². The lowest BCUT2D eigenvalue weighted by Gasteiger charge is -2.24. The molecular formula is C25H26ClFN2O4S2. The van der Waals surface area contributed by atoms with Crippen molar-refractivity contribution in [3.63, 3.8) is 0 Å². The van der Waals surface area contributed by atoms with E-state index in [4.69, 9.17) is 16.3 Å². The van der Waals surface area contributed by atoms with E-state index < -0.39 is 28.3 Å². The van der Waals surface area contributed by atoms with Crippen LogP contribution in [0.3, 0.4) is 0 Å². The number of anilines is 1. The van der Waals surface area contributed by atoms with Crippen LogP contribution in [0.15, 0.2) is 82.6 Å². The van der Waals surface area contributed by atoms with Gasteiger partial charge < -0.3 is 10.1 Å². The van der Waals surface area contributed by atoms with Crippen LogP contribution in [0.1, 0.15) is 13.3 Å². The van der Waals surface area contributed by atoms with Crippen LogP contribution in [0.25, 0.3) is 0 Å². The van der Waals surface area contributed by atoms with Gasteiger partial charge in [-0.25, -0.2) is 12.8 Å². The largest absolute Gasteiger partial charge is 0.494 e. The van der Waals surface area contributed by atoms with Gasteiger partial charge in [-0.3, -0.25) is 9.10 Å². The Morgan fingerprint density at radius 2 is 1.69 bits per heavy atom. The highest BCUT2D eigenvalue weighted by Gasteiger charge is 2.27. The number of ether oxygens (including phenoxy) is 1. The summed E-state index contributed by atoms with van der Waals surface area (Å²) in [5.74, 6) is 0.345. The maximum atomic E-state index is 13.5. The number of carbonyl (C=O) groups excluding carboxylic acids is 1. The first-order chi connectivity index (χ1) is 16.8. The van der Waals surface area contributed by atoms with Crippen molar-refractivity contribution in [1.82, 2.24) is 5.32 Å². The van der Waals surface area contributed by atoms with Gasteiger partial charge >= 0.3 is 0 Å². The van der Waals surface area contributed by atoms with Gasteiger partial charge in [-0.15, -0.1) is 11.8 Å². The number of amides is 1. The average molecular weight is 537 g/mol. The number of nitrogens with zero attached hydrogens (tertiary/aromatic N) is 1. The summed E-state index contributed by atoms with van der Waals surface area (Å²) in [5.41, 5.74) is 0.189. The Kier molecular flexibility index (Phi) is 9.83. The standard InChI is InChI=1S/C25H26ClFN2O4S2/c1-2-33-22-10-14-24(15-11-22)35(31,32)29(21-8-6-20(27)7-9-21)18-25(30)28-16-3-17-34-23-12-4-19(26)5-13-23/h4-15H,2-3,16-18H2,1H3,(H,28,30). The lowest BCUT2D eigenvalue weighted by Crippen LogP contribution is -2.41. The minimum atomic E-state index is -4.09. The average Bonchev–Trinajstić information content (AvgIpc) is 2.85. The van der Waals surface area contributed by atoms with E-state index in [2.05, 4.69) is 5.32 Å². The molecule has 0 aromatic heterocycles. The van der Waals surface area contributed by atoms with E-state index in [0.717, 1.165) is 27.1 Å². The van der Waals surface area contributed by atoms with Gasteiger partial charge in [0, 0.05) is 16.5 Å². The van der Waals surface area contributed by atoms with E-state index in [1.165, 1.54) is 24.3 Å². The van der Waals surface area contributed by atoms with Crippen molar-refractivity contribution in [2.24, 2.45) is 0 Å². The van der Waals surface area contributed by atoms with Crippen molar-refractivity contribution in [3.05, 3.63) is 83.6 Å². The van der Waals surface area contributed by atoms with Crippen molar-refractivity contribution in [2.45, 2.75) is 23.1 Å². The van der Waals surface area contributed by atoms with Gasteiger partial charge in [0.05, 0.1) is 17.2 Å². The molecule has 0 radical (unpaired) electrons. The van der Waals surface area contributed by atoms with Gasteiger partial charge in [0.25, 0.3) is 10.0 Å². The molecule has 1 amide bonds. The van der Waals surface area contributed by atoms with E-state index in [1.54, 1.807) is 23.9 Å². The number of thioether (sulfide) groups is 1. The predicted octanol–water partition coefficient (Wildman–Crippen LogP) is 5.37. The molecule has 3 aromatic rings. The fourth-order valence-corrected chi connectivity index (χ4v) is 5.53. The second-order valence-corrected chi connectivity index (χ2v) is 10.9. The molecule has 6 nitrogen and oxygen atoms in total. The number of halogens is 2. The highest BCUT2D eigenvalue weighted by Crippen LogP contribution is 2.25. The van der Waals surface area contributed by atoms with Crippen LogP contribution < -0.4 is 14.4 Å². The summed E-state index contributed by atoms with van der Waals surface area (Å²) in [6.45, 7) is 2.23. The fraction of sp³-hybridized carbons (Fsp3) is 0.240. The van der Waals surface area contributed by atoms with Gasteiger partial charge in [-0.05, 0) is 91.9 Å². The van der Waals surface area contributed by atoms with Gasteiger partial charge in [0.15, 0.2) is 0 Å². The van der Waals surface area contributed by atoms with Gasteiger partial charge in [0.2, 0.25) is 5.91 Å². The smallest absolute Gasteiger partial charge is 0.264 e. The molecule has 0 unspecified atom stereocenters. The fourth-order valence-electron chi connectivity index (χ4n) is 3.13. The zero-order chi connectivity index (χ0) is 25.3. The van der Waals surface area contributed by atoms with Crippen molar-refractivity contribution in [3.8, 4) is 5.75 Å². The third-order valence-corrected chi connectivity index (χ3v) is 7.99. The third-order valence-electron chi connectivity index (χ3n) is 4.85. The molecule has 0 aliphatic rings. The molecule has 3 rings (SSSR count). The molecule has 3 aromatic carbocycles. The number of carbonyl (C=O) groups is 1. The third kappa shape index (κ3) is 7.88. The molecule has 0 fully saturated rings. The summed E-state index contributed by atoms with van der Waals surface area (Å²) in [4.78, 5) is 13.7. The summed E-state index contributed by atoms with van der Waals surface area (Å²) in [7, 11) is -4.09. The van der Waals surface area contributed by atoms with Crippen LogP contribution in [0.5, 0.6) is 5.75 Å². The molecule has 0 atom stereocenters. The molecule has 0 spiro atoms. The topological polar surface area (TPSA) is 75.7 Å². The first kappa shape index (κ1) is 26.8. The molecule has 0 heterocycles. The summed E-state index contributed by atoms with van der Waals surface area (Å²) >= 11 is 7.52. The van der Waals surface area contributed by atoms with E-state index >= 15 is 0 Å². The van der Waals surface area contributed by atoms with Crippen molar-refractivity contribution in [1.29, 1.82) is 0 Å². The first-order valence-corrected chi connectivity index (χ1v) is 13.8. The molecule has 0 bridgehead atoms. The Morgan fingerprint density at radius 1 is 1.03 bits per heavy atom. The van der Waals surface area contributed by atoms with E-state index in [0.29, 0.717) is 30.3 Å². The van der Waals surface area contributed by atoms with E-state index in [9.17, 15) is 17.6 Å². The maximum absolute atomic E-state index is 13.5. The lowest BCUT2D eigenvalue weighted by atomic mass is 10.3. The minimum absolute atomic E-state index is 0.00237. The molecule has 0 saturated heterocycles. The van der Waals surface area contributed by atoms with E-state index in [1.807, 2.05) is 31.2 Å². The number of hydrogen-bond donors (Lipinski definition) is 1. The molecule has 1 N–H and O–H groups in total. The molecule has 0 aliphatic heterocycles. The lowest BCUT2D eigenvalue weighted by molar-refractivity contribution is -0.119. The molecule has 0 saturated carbocycles. The highest BCUT2D eigenvalue weighted by atomic mass is 35.5. The van der Waals surface area contributed by atoms with Gasteiger partial charge in [-0.2, -0.15) is 0 Å². The van der Waals surface area contributed by atoms with E-state index in [-0.39, 0.29) is 10.6 Å². The SMILES string of the molecule is CCOc1ccc(S(=O)(=O)N(CC(=O)NCCCSc2ccc(Cl)cc2)c2ccc(F)cc2)cc1. The molecule has 35 heavy (non-hydrogen) atoms. The summed E-state index contributed by atoms with van der Waals surface area (Å²) in [6.07, 6.45) is 0.696. The quantitative estimate of drug-likeness (QED) is 0.249. The van der Waals surface area contributed by atoms with Crippen molar-refractivity contribution < 1.29 is 22.3 Å². The number of sulfonamides is 1. The minimum Gasteiger partial charge on any atom is -0.494 e. The Morgan fingerprint density at radius 3 is 2.31 bits per heavy atom. The number of nitrogens with one attached hydrogen (secondary N) is 1. The van der Waals surface area contributed by atoms with Gasteiger partial charge in [0.1, 0.15) is 18.1 Å².